The molecule has 1 atom stereocenters. The Bertz CT molecular complexity index is 880. The van der Waals surface area contributed by atoms with E-state index < -0.39 is 29.7 Å². The highest BCUT2D eigenvalue weighted by Gasteiger charge is 2.31. The third-order valence-corrected chi connectivity index (χ3v) is 3.97. The largest absolute Gasteiger partial charge is 0.454 e. The van der Waals surface area contributed by atoms with Crippen molar-refractivity contribution >= 4 is 11.9 Å². The van der Waals surface area contributed by atoms with Crippen molar-refractivity contribution in [3.63, 3.8) is 0 Å². The predicted molar refractivity (Wildman–Crippen MR) is 90.4 cm³/mol. The van der Waals surface area contributed by atoms with Gasteiger partial charge in [0.05, 0.1) is 5.56 Å². The molecule has 6 nitrogen and oxygen atoms in total. The van der Waals surface area contributed by atoms with Crippen LogP contribution in [-0.2, 0) is 27.0 Å². The molecule has 0 spiro atoms. The molecule has 3 rings (SSSR count). The van der Waals surface area contributed by atoms with Gasteiger partial charge in [-0.1, -0.05) is 18.2 Å². The fourth-order valence-corrected chi connectivity index (χ4v) is 2.62. The lowest BCUT2D eigenvalue weighted by Crippen LogP contribution is -2.31. The molecule has 1 aliphatic rings. The molecular formula is C19H16F3NO5. The molecule has 0 bridgehead atoms. The minimum atomic E-state index is -4.50. The van der Waals surface area contributed by atoms with E-state index in [-0.39, 0.29) is 18.9 Å². The van der Waals surface area contributed by atoms with Gasteiger partial charge >= 0.3 is 12.1 Å². The third kappa shape index (κ3) is 4.54. The first-order chi connectivity index (χ1) is 13.2. The molecule has 0 fully saturated rings. The highest BCUT2D eigenvalue weighted by Crippen LogP contribution is 2.33. The molecule has 0 aliphatic carbocycles. The first kappa shape index (κ1) is 19.5. The Morgan fingerprint density at radius 3 is 2.43 bits per heavy atom. The van der Waals surface area contributed by atoms with E-state index in [1.54, 1.807) is 18.2 Å². The van der Waals surface area contributed by atoms with E-state index in [1.807, 2.05) is 0 Å². The number of hydrogen-bond donors (Lipinski definition) is 1. The Morgan fingerprint density at radius 2 is 1.79 bits per heavy atom. The van der Waals surface area contributed by atoms with Gasteiger partial charge in [-0.3, -0.25) is 9.59 Å². The Morgan fingerprint density at radius 1 is 1.11 bits per heavy atom. The molecule has 2 aromatic rings. The maximum Gasteiger partial charge on any atom is 0.416 e. The highest BCUT2D eigenvalue weighted by atomic mass is 19.4. The normalized spacial score (nSPS) is 13.7. The number of halogens is 3. The monoisotopic (exact) mass is 395 g/mol. The van der Waals surface area contributed by atoms with Crippen molar-refractivity contribution in [2.75, 3.05) is 6.79 Å². The Hall–Kier alpha value is -3.23. The van der Waals surface area contributed by atoms with Crippen LogP contribution in [0.4, 0.5) is 13.2 Å². The van der Waals surface area contributed by atoms with Crippen LogP contribution >= 0.6 is 0 Å². The molecule has 28 heavy (non-hydrogen) atoms. The molecule has 1 amide bonds. The summed E-state index contributed by atoms with van der Waals surface area (Å²) < 4.78 is 53.6. The number of carbonyl (C=O) groups excluding carboxylic acids is 2. The summed E-state index contributed by atoms with van der Waals surface area (Å²) in [5, 5.41) is 2.60. The predicted octanol–water partition coefficient (Wildman–Crippen LogP) is 3.35. The first-order valence-corrected chi connectivity index (χ1v) is 8.24. The van der Waals surface area contributed by atoms with E-state index in [0.717, 1.165) is 31.2 Å². The number of alkyl halides is 3. The van der Waals surface area contributed by atoms with Crippen LogP contribution in [0.3, 0.4) is 0 Å². The Kier molecular flexibility index (Phi) is 5.43. The lowest BCUT2D eigenvalue weighted by molar-refractivity contribution is -0.154. The maximum atomic E-state index is 12.7. The summed E-state index contributed by atoms with van der Waals surface area (Å²) in [5.41, 5.74) is -0.0171. The van der Waals surface area contributed by atoms with Gasteiger partial charge in [0.15, 0.2) is 11.5 Å². The van der Waals surface area contributed by atoms with Crippen molar-refractivity contribution in [2.45, 2.75) is 25.7 Å². The summed E-state index contributed by atoms with van der Waals surface area (Å²) in [5.74, 6) is -0.251. The number of rotatable bonds is 5. The smallest absolute Gasteiger partial charge is 0.416 e. The molecule has 148 valence electrons. The van der Waals surface area contributed by atoms with Gasteiger partial charge in [0.1, 0.15) is 0 Å². The number of ether oxygens (including phenoxy) is 3. The molecule has 0 saturated heterocycles. The summed E-state index contributed by atoms with van der Waals surface area (Å²) in [6.07, 6.45) is -5.87. The van der Waals surface area contributed by atoms with E-state index in [1.165, 1.54) is 0 Å². The minimum absolute atomic E-state index is 0.105. The second-order valence-electron chi connectivity index (χ2n) is 6.01. The van der Waals surface area contributed by atoms with Gasteiger partial charge in [0.25, 0.3) is 5.91 Å². The second kappa shape index (κ2) is 7.79. The Labute approximate surface area is 158 Å². The summed E-state index contributed by atoms with van der Waals surface area (Å²) in [4.78, 5) is 23.8. The fraction of sp³-hybridized carbons (Fsp3) is 0.263. The SMILES string of the molecule is CC(=O)OC(C(=O)NCc1ccc2c(c1)OCO2)c1ccc(C(F)(F)F)cc1. The zero-order valence-corrected chi connectivity index (χ0v) is 14.7. The molecule has 9 heteroatoms. The molecule has 1 aliphatic heterocycles. The van der Waals surface area contributed by atoms with Crippen LogP contribution in [0.5, 0.6) is 11.5 Å². The number of hydrogen-bond acceptors (Lipinski definition) is 5. The fourth-order valence-electron chi connectivity index (χ4n) is 2.62. The second-order valence-corrected chi connectivity index (χ2v) is 6.01. The highest BCUT2D eigenvalue weighted by molar-refractivity contribution is 5.84. The molecular weight excluding hydrogens is 379 g/mol. The summed E-state index contributed by atoms with van der Waals surface area (Å²) in [7, 11) is 0. The van der Waals surface area contributed by atoms with Gasteiger partial charge in [0, 0.05) is 19.0 Å². The van der Waals surface area contributed by atoms with E-state index in [0.29, 0.717) is 17.1 Å². The van der Waals surface area contributed by atoms with Crippen LogP contribution in [0, 0.1) is 0 Å². The summed E-state index contributed by atoms with van der Waals surface area (Å²) in [6.45, 7) is 1.34. The number of amides is 1. The van der Waals surface area contributed by atoms with Crippen molar-refractivity contribution in [3.8, 4) is 11.5 Å². The number of esters is 1. The van der Waals surface area contributed by atoms with Crippen molar-refractivity contribution in [1.82, 2.24) is 5.32 Å². The average molecular weight is 395 g/mol. The molecule has 0 radical (unpaired) electrons. The minimum Gasteiger partial charge on any atom is -0.454 e. The van der Waals surface area contributed by atoms with Crippen LogP contribution in [-0.4, -0.2) is 18.7 Å². The van der Waals surface area contributed by atoms with Crippen molar-refractivity contribution in [1.29, 1.82) is 0 Å². The lowest BCUT2D eigenvalue weighted by atomic mass is 10.1. The lowest BCUT2D eigenvalue weighted by Gasteiger charge is -2.18. The van der Waals surface area contributed by atoms with Crippen molar-refractivity contribution in [3.05, 3.63) is 59.2 Å². The van der Waals surface area contributed by atoms with E-state index >= 15 is 0 Å². The first-order valence-electron chi connectivity index (χ1n) is 8.24. The number of fused-ring (bicyclic) bond motifs is 1. The van der Waals surface area contributed by atoms with Gasteiger partial charge < -0.3 is 19.5 Å². The molecule has 0 aromatic heterocycles. The molecule has 1 heterocycles. The summed E-state index contributed by atoms with van der Waals surface area (Å²) in [6, 6.07) is 9.00. The topological polar surface area (TPSA) is 73.9 Å². The van der Waals surface area contributed by atoms with Gasteiger partial charge in [-0.2, -0.15) is 13.2 Å². The van der Waals surface area contributed by atoms with Crippen LogP contribution in [0.15, 0.2) is 42.5 Å². The average Bonchev–Trinajstić information content (AvgIpc) is 3.11. The summed E-state index contributed by atoms with van der Waals surface area (Å²) >= 11 is 0. The van der Waals surface area contributed by atoms with Crippen LogP contribution in [0.1, 0.15) is 29.7 Å². The van der Waals surface area contributed by atoms with Gasteiger partial charge in [-0.05, 0) is 29.8 Å². The van der Waals surface area contributed by atoms with E-state index in [2.05, 4.69) is 5.32 Å². The van der Waals surface area contributed by atoms with Crippen LogP contribution in [0.25, 0.3) is 0 Å². The Balaban J connectivity index is 1.72. The van der Waals surface area contributed by atoms with Gasteiger partial charge in [-0.15, -0.1) is 0 Å². The zero-order chi connectivity index (χ0) is 20.3. The number of carbonyl (C=O) groups is 2. The third-order valence-electron chi connectivity index (χ3n) is 3.97. The standard InChI is InChI=1S/C19H16F3NO5/c1-11(24)28-17(13-3-5-14(6-4-13)19(20,21)22)18(25)23-9-12-2-7-15-16(8-12)27-10-26-15/h2-8,17H,9-10H2,1H3,(H,23,25). The van der Waals surface area contributed by atoms with Gasteiger partial charge in [0.2, 0.25) is 12.9 Å². The van der Waals surface area contributed by atoms with Crippen molar-refractivity contribution < 1.29 is 37.0 Å². The van der Waals surface area contributed by atoms with Crippen LogP contribution in [0.2, 0.25) is 0 Å². The van der Waals surface area contributed by atoms with Gasteiger partial charge in [-0.25, -0.2) is 0 Å². The molecule has 0 saturated carbocycles. The molecule has 1 unspecified atom stereocenters. The maximum absolute atomic E-state index is 12.7. The quantitative estimate of drug-likeness (QED) is 0.786. The molecule has 1 N–H and O–H groups in total. The number of benzene rings is 2. The van der Waals surface area contributed by atoms with E-state index in [9.17, 15) is 22.8 Å². The zero-order valence-electron chi connectivity index (χ0n) is 14.7. The van der Waals surface area contributed by atoms with Crippen LogP contribution < -0.4 is 14.8 Å². The number of nitrogens with one attached hydrogen (secondary N) is 1. The van der Waals surface area contributed by atoms with Crippen molar-refractivity contribution in [2.24, 2.45) is 0 Å². The van der Waals surface area contributed by atoms with E-state index in [4.69, 9.17) is 14.2 Å². The molecule has 2 aromatic carbocycles.